The Bertz CT molecular complexity index is 625. The van der Waals surface area contributed by atoms with Gasteiger partial charge in [0.1, 0.15) is 6.29 Å². The van der Waals surface area contributed by atoms with Crippen molar-refractivity contribution in [3.05, 3.63) is 82.2 Å². The van der Waals surface area contributed by atoms with Crippen molar-refractivity contribution in [3.63, 3.8) is 0 Å². The van der Waals surface area contributed by atoms with Gasteiger partial charge in [-0.05, 0) is 16.7 Å². The van der Waals surface area contributed by atoms with Crippen molar-refractivity contribution in [2.45, 2.75) is 13.2 Å². The number of hydrogen-bond acceptors (Lipinski definition) is 4. The number of hydrogen-bond donors (Lipinski definition) is 0. The highest BCUT2D eigenvalue weighted by molar-refractivity contribution is 7.53. The van der Waals surface area contributed by atoms with E-state index in [0.29, 0.717) is 0 Å². The van der Waals surface area contributed by atoms with E-state index in [0.717, 1.165) is 11.1 Å². The normalized spacial score (nSPS) is 10.9. The first kappa shape index (κ1) is 16.3. The molecular formula is C15H16N3O3P. The van der Waals surface area contributed by atoms with Crippen molar-refractivity contribution in [1.29, 1.82) is 0 Å². The van der Waals surface area contributed by atoms with E-state index in [1.165, 1.54) is 0 Å². The Morgan fingerprint density at radius 3 is 1.77 bits per heavy atom. The van der Waals surface area contributed by atoms with Crippen LogP contribution in [0.4, 0.5) is 0 Å². The van der Waals surface area contributed by atoms with Crippen LogP contribution in [-0.4, -0.2) is 6.29 Å². The van der Waals surface area contributed by atoms with Gasteiger partial charge >= 0.3 is 7.60 Å². The summed E-state index contributed by atoms with van der Waals surface area (Å²) in [5.74, 6) is 0. The topological polar surface area (TPSA) is 84.3 Å². The SMILES string of the molecule is [N-]=[N+]=NCP(=O)(OCc1ccccc1)OCc1ccccc1. The van der Waals surface area contributed by atoms with Gasteiger partial charge < -0.3 is 9.05 Å². The van der Waals surface area contributed by atoms with Gasteiger partial charge in [-0.25, -0.2) is 0 Å². The first-order chi connectivity index (χ1) is 10.7. The molecule has 0 N–H and O–H groups in total. The van der Waals surface area contributed by atoms with Crippen LogP contribution in [0.3, 0.4) is 0 Å². The fraction of sp³-hybridized carbons (Fsp3) is 0.200. The maximum Gasteiger partial charge on any atom is 0.337 e. The van der Waals surface area contributed by atoms with Gasteiger partial charge in [-0.15, -0.1) is 0 Å². The number of azide groups is 1. The van der Waals surface area contributed by atoms with E-state index < -0.39 is 7.60 Å². The smallest absolute Gasteiger partial charge is 0.304 e. The minimum absolute atomic E-state index is 0.133. The van der Waals surface area contributed by atoms with Crippen LogP contribution in [-0.2, 0) is 26.8 Å². The maximum atomic E-state index is 12.6. The lowest BCUT2D eigenvalue weighted by Gasteiger charge is -2.17. The largest absolute Gasteiger partial charge is 0.337 e. The lowest BCUT2D eigenvalue weighted by molar-refractivity contribution is 0.191. The predicted octanol–water partition coefficient (Wildman–Crippen LogP) is 4.88. The Morgan fingerprint density at radius 1 is 0.909 bits per heavy atom. The summed E-state index contributed by atoms with van der Waals surface area (Å²) in [6, 6.07) is 18.6. The molecule has 2 rings (SSSR count). The molecule has 0 saturated carbocycles. The third-order valence-corrected chi connectivity index (χ3v) is 4.36. The molecule has 7 heteroatoms. The second-order valence-electron chi connectivity index (χ2n) is 4.50. The number of benzene rings is 2. The maximum absolute atomic E-state index is 12.6. The van der Waals surface area contributed by atoms with E-state index in [9.17, 15) is 4.57 Å². The molecule has 0 aliphatic carbocycles. The number of rotatable bonds is 8. The van der Waals surface area contributed by atoms with Crippen molar-refractivity contribution in [1.82, 2.24) is 0 Å². The summed E-state index contributed by atoms with van der Waals surface area (Å²) < 4.78 is 23.4. The van der Waals surface area contributed by atoms with Crippen molar-refractivity contribution in [2.75, 3.05) is 6.29 Å². The molecule has 0 bridgehead atoms. The molecule has 0 aliphatic rings. The molecule has 22 heavy (non-hydrogen) atoms. The van der Waals surface area contributed by atoms with Crippen LogP contribution < -0.4 is 0 Å². The molecule has 0 unspecified atom stereocenters. The highest BCUT2D eigenvalue weighted by Gasteiger charge is 2.24. The molecular weight excluding hydrogens is 301 g/mol. The standard InChI is InChI=1S/C15H16N3O3P/c16-18-17-13-22(19,20-11-14-7-3-1-4-8-14)21-12-15-9-5-2-6-10-15/h1-10H,11-13H2. The fourth-order valence-corrected chi connectivity index (χ4v) is 2.86. The molecule has 0 radical (unpaired) electrons. The van der Waals surface area contributed by atoms with Crippen molar-refractivity contribution >= 4 is 7.60 Å². The summed E-state index contributed by atoms with van der Waals surface area (Å²) in [6.45, 7) is 0.266. The van der Waals surface area contributed by atoms with E-state index in [4.69, 9.17) is 14.6 Å². The van der Waals surface area contributed by atoms with Crippen LogP contribution in [0.1, 0.15) is 11.1 Å². The van der Waals surface area contributed by atoms with Crippen LogP contribution in [0.5, 0.6) is 0 Å². The highest BCUT2D eigenvalue weighted by atomic mass is 31.2. The van der Waals surface area contributed by atoms with Gasteiger partial charge in [-0.2, -0.15) is 0 Å². The van der Waals surface area contributed by atoms with Gasteiger partial charge in [0.15, 0.2) is 0 Å². The molecule has 2 aromatic rings. The Hall–Kier alpha value is -2.10. The Morgan fingerprint density at radius 2 is 1.36 bits per heavy atom. The molecule has 114 valence electrons. The van der Waals surface area contributed by atoms with Gasteiger partial charge in [-0.3, -0.25) is 4.57 Å². The lowest BCUT2D eigenvalue weighted by atomic mass is 10.2. The molecule has 0 aromatic heterocycles. The molecule has 2 aromatic carbocycles. The van der Waals surface area contributed by atoms with Crippen LogP contribution >= 0.6 is 7.60 Å². The first-order valence-electron chi connectivity index (χ1n) is 6.69. The van der Waals surface area contributed by atoms with Crippen molar-refractivity contribution in [2.24, 2.45) is 5.11 Å². The van der Waals surface area contributed by atoms with E-state index >= 15 is 0 Å². The average Bonchev–Trinajstić information content (AvgIpc) is 2.59. The van der Waals surface area contributed by atoms with E-state index in [2.05, 4.69) is 10.0 Å². The van der Waals surface area contributed by atoms with Gasteiger partial charge in [0, 0.05) is 4.91 Å². The summed E-state index contributed by atoms with van der Waals surface area (Å²) in [5.41, 5.74) is 10.2. The average molecular weight is 317 g/mol. The summed E-state index contributed by atoms with van der Waals surface area (Å²) in [7, 11) is -3.49. The van der Waals surface area contributed by atoms with Crippen LogP contribution in [0, 0.1) is 0 Å². The molecule has 0 saturated heterocycles. The van der Waals surface area contributed by atoms with Crippen LogP contribution in [0.15, 0.2) is 65.8 Å². The molecule has 0 spiro atoms. The van der Waals surface area contributed by atoms with Crippen molar-refractivity contribution < 1.29 is 13.6 Å². The predicted molar refractivity (Wildman–Crippen MR) is 84.1 cm³/mol. The molecule has 0 aliphatic heterocycles. The van der Waals surface area contributed by atoms with Crippen molar-refractivity contribution in [3.8, 4) is 0 Å². The quantitative estimate of drug-likeness (QED) is 0.301. The van der Waals surface area contributed by atoms with Gasteiger partial charge in [0.25, 0.3) is 0 Å². The van der Waals surface area contributed by atoms with Crippen LogP contribution in [0.2, 0.25) is 0 Å². The zero-order valence-electron chi connectivity index (χ0n) is 11.9. The molecule has 0 heterocycles. The second-order valence-corrected chi connectivity index (χ2v) is 6.52. The van der Waals surface area contributed by atoms with Gasteiger partial charge in [0.2, 0.25) is 0 Å². The Kier molecular flexibility index (Phi) is 6.19. The molecule has 0 amide bonds. The molecule has 6 nitrogen and oxygen atoms in total. The molecule has 0 atom stereocenters. The van der Waals surface area contributed by atoms with Crippen LogP contribution in [0.25, 0.3) is 10.4 Å². The Balaban J connectivity index is 2.00. The third-order valence-electron chi connectivity index (χ3n) is 2.84. The lowest BCUT2D eigenvalue weighted by Crippen LogP contribution is -2.00. The summed E-state index contributed by atoms with van der Waals surface area (Å²) in [4.78, 5) is 2.62. The monoisotopic (exact) mass is 317 g/mol. The number of nitrogens with zero attached hydrogens (tertiary/aromatic N) is 3. The minimum atomic E-state index is -3.49. The summed E-state index contributed by atoms with van der Waals surface area (Å²) >= 11 is 0. The highest BCUT2D eigenvalue weighted by Crippen LogP contribution is 2.49. The third kappa shape index (κ3) is 5.35. The van der Waals surface area contributed by atoms with E-state index in [1.54, 1.807) is 0 Å². The summed E-state index contributed by atoms with van der Waals surface area (Å²) in [5, 5.41) is 3.34. The van der Waals surface area contributed by atoms with Gasteiger partial charge in [0.05, 0.1) is 13.2 Å². The Labute approximate surface area is 128 Å². The first-order valence-corrected chi connectivity index (χ1v) is 8.41. The van der Waals surface area contributed by atoms with Gasteiger partial charge in [-0.1, -0.05) is 65.8 Å². The summed E-state index contributed by atoms with van der Waals surface area (Å²) in [6.07, 6.45) is -0.330. The zero-order chi connectivity index (χ0) is 15.7. The van der Waals surface area contributed by atoms with E-state index in [-0.39, 0.29) is 19.5 Å². The zero-order valence-corrected chi connectivity index (χ0v) is 12.8. The minimum Gasteiger partial charge on any atom is -0.304 e. The second kappa shape index (κ2) is 8.37. The van der Waals surface area contributed by atoms with E-state index in [1.807, 2.05) is 60.7 Å². The fourth-order valence-electron chi connectivity index (χ4n) is 1.72. The molecule has 0 fully saturated rings.